The van der Waals surface area contributed by atoms with Crippen LogP contribution in [-0.4, -0.2) is 44.2 Å². The van der Waals surface area contributed by atoms with E-state index in [1.807, 2.05) is 13.8 Å². The number of halogens is 3. The Morgan fingerprint density at radius 3 is 2.46 bits per heavy atom. The molecule has 2 aromatic carbocycles. The largest absolute Gasteiger partial charge is 0.493 e. The lowest BCUT2D eigenvalue weighted by molar-refractivity contribution is -0.139. The van der Waals surface area contributed by atoms with Crippen LogP contribution in [0.3, 0.4) is 0 Å². The van der Waals surface area contributed by atoms with E-state index < -0.39 is 36.1 Å². The van der Waals surface area contributed by atoms with Crippen LogP contribution in [0.4, 0.5) is 18.9 Å². The minimum atomic E-state index is -4.53. The molecule has 9 nitrogen and oxygen atoms in total. The number of hydrogen-bond acceptors (Lipinski definition) is 6. The lowest BCUT2D eigenvalue weighted by atomic mass is 10.2. The highest BCUT2D eigenvalue weighted by atomic mass is 19.4. The zero-order valence-corrected chi connectivity index (χ0v) is 19.2. The van der Waals surface area contributed by atoms with Crippen LogP contribution in [0.5, 0.6) is 11.5 Å². The second-order valence-electron chi connectivity index (χ2n) is 7.63. The van der Waals surface area contributed by atoms with Gasteiger partial charge in [-0.1, -0.05) is 19.9 Å². The van der Waals surface area contributed by atoms with Crippen molar-refractivity contribution >= 4 is 29.6 Å². The molecule has 35 heavy (non-hydrogen) atoms. The van der Waals surface area contributed by atoms with Gasteiger partial charge in [-0.25, -0.2) is 5.43 Å². The number of nitrogens with zero attached hydrogens (tertiary/aromatic N) is 1. The van der Waals surface area contributed by atoms with Crippen molar-refractivity contribution in [1.29, 1.82) is 0 Å². The third-order valence-corrected chi connectivity index (χ3v) is 4.28. The first-order valence-corrected chi connectivity index (χ1v) is 10.4. The predicted molar refractivity (Wildman–Crippen MR) is 122 cm³/mol. The van der Waals surface area contributed by atoms with Gasteiger partial charge in [0.2, 0.25) is 0 Å². The second kappa shape index (κ2) is 12.4. The molecule has 2 rings (SSSR count). The molecule has 0 saturated carbocycles. The van der Waals surface area contributed by atoms with Gasteiger partial charge in [-0.2, -0.15) is 18.3 Å². The van der Waals surface area contributed by atoms with Crippen LogP contribution in [-0.2, 0) is 20.6 Å². The molecule has 0 aromatic heterocycles. The van der Waals surface area contributed by atoms with Crippen LogP contribution in [0.25, 0.3) is 0 Å². The molecule has 3 N–H and O–H groups in total. The highest BCUT2D eigenvalue weighted by molar-refractivity contribution is 6.35. The molecule has 0 aliphatic heterocycles. The van der Waals surface area contributed by atoms with Crippen LogP contribution < -0.4 is 25.5 Å². The fraction of sp³-hybridized carbons (Fsp3) is 0.304. The maximum Gasteiger partial charge on any atom is 0.416 e. The summed E-state index contributed by atoms with van der Waals surface area (Å²) in [5.41, 5.74) is 1.69. The summed E-state index contributed by atoms with van der Waals surface area (Å²) >= 11 is 0. The molecule has 188 valence electrons. The fourth-order valence-electron chi connectivity index (χ4n) is 2.59. The summed E-state index contributed by atoms with van der Waals surface area (Å²) in [4.78, 5) is 35.4. The number of anilines is 1. The van der Waals surface area contributed by atoms with E-state index in [-0.39, 0.29) is 23.1 Å². The van der Waals surface area contributed by atoms with Crippen molar-refractivity contribution in [2.45, 2.75) is 20.0 Å². The first-order valence-electron chi connectivity index (χ1n) is 10.4. The summed E-state index contributed by atoms with van der Waals surface area (Å²) in [6.45, 7) is 3.65. The molecule has 3 amide bonds. The molecule has 12 heteroatoms. The van der Waals surface area contributed by atoms with Crippen LogP contribution in [0.15, 0.2) is 47.6 Å². The van der Waals surface area contributed by atoms with Gasteiger partial charge in [0, 0.05) is 12.2 Å². The van der Waals surface area contributed by atoms with Crippen molar-refractivity contribution in [3.05, 3.63) is 53.6 Å². The molecular formula is C23H25F3N4O5. The van der Waals surface area contributed by atoms with Gasteiger partial charge in [0.25, 0.3) is 5.91 Å². The molecule has 0 bridgehead atoms. The summed E-state index contributed by atoms with van der Waals surface area (Å²) in [7, 11) is 1.37. The molecule has 0 aliphatic carbocycles. The number of methoxy groups -OCH3 is 1. The first-order chi connectivity index (χ1) is 16.5. The van der Waals surface area contributed by atoms with Crippen molar-refractivity contribution in [2.75, 3.05) is 25.6 Å². The lowest BCUT2D eigenvalue weighted by Gasteiger charge is -2.12. The Morgan fingerprint density at radius 2 is 1.80 bits per heavy atom. The third-order valence-electron chi connectivity index (χ3n) is 4.28. The summed E-state index contributed by atoms with van der Waals surface area (Å²) < 4.78 is 49.0. The number of ether oxygens (including phenoxy) is 2. The first kappa shape index (κ1) is 27.2. The van der Waals surface area contributed by atoms with Gasteiger partial charge in [-0.15, -0.1) is 0 Å². The van der Waals surface area contributed by atoms with E-state index in [2.05, 4.69) is 21.2 Å². The van der Waals surface area contributed by atoms with E-state index in [1.165, 1.54) is 37.6 Å². The number of hydrogen-bond donors (Lipinski definition) is 3. The van der Waals surface area contributed by atoms with Gasteiger partial charge in [0.05, 0.1) is 18.9 Å². The molecule has 0 radical (unpaired) electrons. The van der Waals surface area contributed by atoms with Crippen molar-refractivity contribution in [3.8, 4) is 11.5 Å². The zero-order valence-electron chi connectivity index (χ0n) is 19.2. The number of amides is 3. The zero-order chi connectivity index (χ0) is 26.0. The number of carbonyl (C=O) groups is 3. The Kier molecular flexibility index (Phi) is 9.62. The predicted octanol–water partition coefficient (Wildman–Crippen LogP) is 2.95. The molecule has 0 aliphatic rings. The molecule has 0 unspecified atom stereocenters. The van der Waals surface area contributed by atoms with Gasteiger partial charge in [0.15, 0.2) is 18.1 Å². The summed E-state index contributed by atoms with van der Waals surface area (Å²) in [5.74, 6) is -1.77. The summed E-state index contributed by atoms with van der Waals surface area (Å²) in [6.07, 6.45) is -3.25. The van der Waals surface area contributed by atoms with Crippen molar-refractivity contribution < 1.29 is 37.0 Å². The van der Waals surface area contributed by atoms with E-state index in [1.54, 1.807) is 6.07 Å². The summed E-state index contributed by atoms with van der Waals surface area (Å²) in [5, 5.41) is 8.51. The third kappa shape index (κ3) is 8.99. The Morgan fingerprint density at radius 1 is 1.06 bits per heavy atom. The fourth-order valence-corrected chi connectivity index (χ4v) is 2.59. The van der Waals surface area contributed by atoms with Crippen molar-refractivity contribution in [2.24, 2.45) is 11.0 Å². The van der Waals surface area contributed by atoms with Crippen LogP contribution in [0.2, 0.25) is 0 Å². The summed E-state index contributed by atoms with van der Waals surface area (Å²) in [6, 6.07) is 8.77. The Hall–Kier alpha value is -4.09. The van der Waals surface area contributed by atoms with Gasteiger partial charge in [0.1, 0.15) is 0 Å². The normalized spacial score (nSPS) is 11.3. The molecule has 0 heterocycles. The molecular weight excluding hydrogens is 469 g/mol. The highest BCUT2D eigenvalue weighted by Gasteiger charge is 2.30. The maximum atomic E-state index is 12.8. The number of benzene rings is 2. The van der Waals surface area contributed by atoms with E-state index >= 15 is 0 Å². The number of hydrazone groups is 1. The molecule has 0 fully saturated rings. The van der Waals surface area contributed by atoms with E-state index in [0.717, 1.165) is 12.1 Å². The standard InChI is InChI=1S/C23H25F3N4O5/c1-14(2)11-27-21(32)22(33)30-28-12-15-7-8-18(19(9-15)34-3)35-13-20(31)29-17-6-4-5-16(10-17)23(24,25)26/h4-10,12,14H,11,13H2,1-3H3,(H,27,32)(H,29,31)(H,30,33)/b28-12-. The monoisotopic (exact) mass is 494 g/mol. The van der Waals surface area contributed by atoms with Crippen molar-refractivity contribution in [3.63, 3.8) is 0 Å². The topological polar surface area (TPSA) is 118 Å². The van der Waals surface area contributed by atoms with E-state index in [0.29, 0.717) is 12.1 Å². The number of carbonyl (C=O) groups excluding carboxylic acids is 3. The Bertz CT molecular complexity index is 1090. The van der Waals surface area contributed by atoms with Gasteiger partial charge in [-0.05, 0) is 47.9 Å². The average molecular weight is 494 g/mol. The van der Waals surface area contributed by atoms with E-state index in [4.69, 9.17) is 9.47 Å². The van der Waals surface area contributed by atoms with Gasteiger partial charge >= 0.3 is 18.0 Å². The maximum absolute atomic E-state index is 12.8. The average Bonchev–Trinajstić information content (AvgIpc) is 2.81. The number of alkyl halides is 3. The Labute approximate surface area is 199 Å². The molecule has 2 aromatic rings. The minimum Gasteiger partial charge on any atom is -0.493 e. The second-order valence-corrected chi connectivity index (χ2v) is 7.63. The number of rotatable bonds is 9. The molecule has 0 spiro atoms. The quantitative estimate of drug-likeness (QED) is 0.282. The van der Waals surface area contributed by atoms with Crippen LogP contribution in [0, 0.1) is 5.92 Å². The minimum absolute atomic E-state index is 0.0214. The lowest BCUT2D eigenvalue weighted by Crippen LogP contribution is -2.39. The van der Waals surface area contributed by atoms with Crippen LogP contribution >= 0.6 is 0 Å². The van der Waals surface area contributed by atoms with Crippen molar-refractivity contribution in [1.82, 2.24) is 10.7 Å². The Balaban J connectivity index is 1.93. The van der Waals surface area contributed by atoms with Gasteiger partial charge < -0.3 is 20.1 Å². The highest BCUT2D eigenvalue weighted by Crippen LogP contribution is 2.31. The smallest absolute Gasteiger partial charge is 0.416 e. The molecule has 0 atom stereocenters. The molecule has 0 saturated heterocycles. The SMILES string of the molecule is COc1cc(/C=N\NC(=O)C(=O)NCC(C)C)ccc1OCC(=O)Nc1cccc(C(F)(F)F)c1. The van der Waals surface area contributed by atoms with Crippen LogP contribution in [0.1, 0.15) is 25.0 Å². The van der Waals surface area contributed by atoms with E-state index in [9.17, 15) is 27.6 Å². The number of nitrogens with one attached hydrogen (secondary N) is 3. The van der Waals surface area contributed by atoms with Gasteiger partial charge in [-0.3, -0.25) is 14.4 Å².